The van der Waals surface area contributed by atoms with Crippen molar-refractivity contribution in [3.63, 3.8) is 0 Å². The number of aromatic nitrogens is 3. The van der Waals surface area contributed by atoms with Crippen molar-refractivity contribution in [3.05, 3.63) is 231 Å². The molecule has 3 unspecified atom stereocenters. The highest BCUT2D eigenvalue weighted by Gasteiger charge is 2.41. The molecule has 3 aromatic heterocycles. The Morgan fingerprint density at radius 3 is 1.51 bits per heavy atom. The molecule has 3 heterocycles. The Bertz CT molecular complexity index is 3620. The van der Waals surface area contributed by atoms with Gasteiger partial charge in [0.15, 0.2) is 0 Å². The fourth-order valence-corrected chi connectivity index (χ4v) is 12.1. The van der Waals surface area contributed by atoms with Crippen LogP contribution >= 0.6 is 0 Å². The Morgan fingerprint density at radius 2 is 0.958 bits per heavy atom. The molecule has 0 amide bonds. The lowest BCUT2D eigenvalue weighted by atomic mass is 9.84. The second-order valence-corrected chi connectivity index (χ2v) is 19.9. The van der Waals surface area contributed by atoms with E-state index in [-0.39, 0.29) is 17.8 Å². The molecular weight excluding hydrogens is 875 g/mol. The number of carboxylic acid groups (broad SMARTS) is 1. The number of aromatic carboxylic acids is 1. The van der Waals surface area contributed by atoms with Gasteiger partial charge in [-0.25, -0.2) is 9.59 Å². The van der Waals surface area contributed by atoms with Gasteiger partial charge in [-0.3, -0.25) is 0 Å². The highest BCUT2D eigenvalue weighted by molar-refractivity contribution is 6.07. The zero-order valence-electron chi connectivity index (χ0n) is 40.2. The van der Waals surface area contributed by atoms with Gasteiger partial charge in [-0.1, -0.05) is 153 Å². The minimum atomic E-state index is -0.879. The molecule has 3 atom stereocenters. The zero-order valence-corrected chi connectivity index (χ0v) is 40.2. The van der Waals surface area contributed by atoms with Crippen molar-refractivity contribution >= 4 is 61.4 Å². The van der Waals surface area contributed by atoms with Gasteiger partial charge in [-0.05, 0) is 131 Å². The minimum Gasteiger partial charge on any atom is -0.478 e. The zero-order chi connectivity index (χ0) is 48.2. The van der Waals surface area contributed by atoms with E-state index >= 15 is 0 Å². The molecule has 0 radical (unpaired) electrons. The monoisotopic (exact) mass is 931 g/mol. The van der Waals surface area contributed by atoms with Gasteiger partial charge in [-0.15, -0.1) is 0 Å². The van der Waals surface area contributed by atoms with E-state index in [1.165, 1.54) is 93.8 Å². The number of rotatable bonds is 10. The first-order chi connectivity index (χ1) is 34.9. The molecule has 2 saturated carbocycles. The second-order valence-electron chi connectivity index (χ2n) is 19.9. The van der Waals surface area contributed by atoms with E-state index in [0.29, 0.717) is 23.0 Å². The number of carbonyl (C=O) groups is 2. The van der Waals surface area contributed by atoms with Crippen LogP contribution in [0.15, 0.2) is 170 Å². The normalized spacial score (nSPS) is 16.6. The number of allylic oxidation sites excluding steroid dienone is 6. The molecule has 5 aliphatic rings. The van der Waals surface area contributed by atoms with Crippen LogP contribution in [0.3, 0.4) is 0 Å². The van der Waals surface area contributed by atoms with Crippen LogP contribution in [0.1, 0.15) is 121 Å². The summed E-state index contributed by atoms with van der Waals surface area (Å²) < 4.78 is 5.15. The molecule has 4 N–H and O–H groups in total. The van der Waals surface area contributed by atoms with Crippen LogP contribution in [0.4, 0.5) is 0 Å². The van der Waals surface area contributed by atoms with Gasteiger partial charge in [0.25, 0.3) is 0 Å². The summed E-state index contributed by atoms with van der Waals surface area (Å²) in [6.45, 7) is 2.07. The number of esters is 1. The van der Waals surface area contributed by atoms with Gasteiger partial charge in [0.2, 0.25) is 0 Å². The summed E-state index contributed by atoms with van der Waals surface area (Å²) in [5.41, 5.74) is 19.8. The first-order valence-electron chi connectivity index (χ1n) is 25.3. The van der Waals surface area contributed by atoms with Crippen LogP contribution in [-0.4, -0.2) is 39.1 Å². The van der Waals surface area contributed by atoms with Crippen LogP contribution in [0.25, 0.3) is 49.4 Å². The van der Waals surface area contributed by atoms with Gasteiger partial charge >= 0.3 is 11.9 Å². The van der Waals surface area contributed by atoms with Gasteiger partial charge in [-0.2, -0.15) is 0 Å². The summed E-state index contributed by atoms with van der Waals surface area (Å²) in [4.78, 5) is 34.8. The maximum atomic E-state index is 12.7. The maximum Gasteiger partial charge on any atom is 0.340 e. The Kier molecular flexibility index (Phi) is 11.5. The molecule has 0 spiro atoms. The van der Waals surface area contributed by atoms with Crippen molar-refractivity contribution in [2.75, 3.05) is 7.11 Å². The SMILES string of the molecule is C1=C(C(c2c[nH]c3ccccc23)C2CC2)c2ccccc2C1.CC(C1=CCc2ccccc21)c1[nH]c2ccccc2c1C(=O)O.COC(=O)c1c(C(C2=CCc3ccccc32)C2CC2)[nH]c2ccccc12. The van der Waals surface area contributed by atoms with Crippen LogP contribution in [0.5, 0.6) is 0 Å². The number of carboxylic acids is 1. The quantitative estimate of drug-likeness (QED) is 0.102. The third-order valence-corrected chi connectivity index (χ3v) is 15.7. The number of para-hydroxylation sites is 3. The first kappa shape index (κ1) is 44.3. The number of carbonyl (C=O) groups excluding carboxylic acids is 1. The van der Waals surface area contributed by atoms with Crippen LogP contribution < -0.4 is 0 Å². The molecule has 352 valence electrons. The van der Waals surface area contributed by atoms with Crippen molar-refractivity contribution in [1.29, 1.82) is 0 Å². The molecule has 0 saturated heterocycles. The van der Waals surface area contributed by atoms with E-state index in [1.54, 1.807) is 5.57 Å². The Hall–Kier alpha value is -7.90. The van der Waals surface area contributed by atoms with Gasteiger partial charge in [0.05, 0.1) is 18.2 Å². The van der Waals surface area contributed by atoms with Crippen molar-refractivity contribution < 1.29 is 19.4 Å². The van der Waals surface area contributed by atoms with Gasteiger partial charge in [0, 0.05) is 68.0 Å². The average Bonchev–Trinajstić information content (AvgIpc) is 4.01. The Morgan fingerprint density at radius 1 is 0.521 bits per heavy atom. The smallest absolute Gasteiger partial charge is 0.340 e. The van der Waals surface area contributed by atoms with Gasteiger partial charge in [0.1, 0.15) is 0 Å². The topological polar surface area (TPSA) is 111 Å². The molecule has 71 heavy (non-hydrogen) atoms. The van der Waals surface area contributed by atoms with Crippen molar-refractivity contribution in [3.8, 4) is 0 Å². The summed E-state index contributed by atoms with van der Waals surface area (Å²) in [7, 11) is 1.46. The van der Waals surface area contributed by atoms with E-state index in [0.717, 1.165) is 58.4 Å². The Labute approximate surface area is 414 Å². The standard InChI is InChI=1S/C23H21NO2.C21H19N.C20H17NO2/c1-26-23(25)21-18-8-4-5-9-19(18)24-22(21)20(15-10-11-15)17-13-12-14-6-2-3-7-16(14)17;1-2-6-16-14(5-1)11-12-18(16)21(15-9-10-15)19-13-22-20-8-4-3-7-17(19)20;1-12(14-11-10-13-6-2-3-7-15(13)14)19-18(20(22)23)16-8-4-5-9-17(16)21-19/h2-9,13,15,20,24H,10-12H2,1H3;1-8,12-13,15,21-22H,9-11H2;2-9,11-12,21H,10H2,1H3,(H,22,23). The molecule has 0 bridgehead atoms. The molecule has 2 fully saturated rings. The van der Waals surface area contributed by atoms with E-state index in [1.807, 2.05) is 60.7 Å². The second kappa shape index (κ2) is 18.4. The van der Waals surface area contributed by atoms with Gasteiger partial charge < -0.3 is 24.8 Å². The van der Waals surface area contributed by atoms with Crippen LogP contribution in [-0.2, 0) is 24.0 Å². The van der Waals surface area contributed by atoms with E-state index < -0.39 is 5.97 Å². The van der Waals surface area contributed by atoms with Crippen LogP contribution in [0, 0.1) is 11.8 Å². The third-order valence-electron chi connectivity index (χ3n) is 15.7. The highest BCUT2D eigenvalue weighted by atomic mass is 16.5. The molecule has 0 aliphatic heterocycles. The average molecular weight is 932 g/mol. The number of methoxy groups -OCH3 is 1. The number of ether oxygens (including phenoxy) is 1. The number of fused-ring (bicyclic) bond motifs is 6. The maximum absolute atomic E-state index is 12.7. The van der Waals surface area contributed by atoms with E-state index in [4.69, 9.17) is 4.74 Å². The predicted molar refractivity (Wildman–Crippen MR) is 287 cm³/mol. The number of aromatic amines is 3. The first-order valence-corrected chi connectivity index (χ1v) is 25.3. The minimum absolute atomic E-state index is 0.0112. The van der Waals surface area contributed by atoms with Crippen molar-refractivity contribution in [2.24, 2.45) is 11.8 Å². The molecule has 6 aromatic carbocycles. The predicted octanol–water partition coefficient (Wildman–Crippen LogP) is 15.0. The number of hydrogen-bond acceptors (Lipinski definition) is 3. The lowest BCUT2D eigenvalue weighted by Crippen LogP contribution is -2.11. The van der Waals surface area contributed by atoms with E-state index in [2.05, 4.69) is 131 Å². The third kappa shape index (κ3) is 8.13. The summed E-state index contributed by atoms with van der Waals surface area (Å²) in [5, 5.41) is 12.8. The molecule has 9 aromatic rings. The lowest BCUT2D eigenvalue weighted by Gasteiger charge is -2.20. The fraction of sp³-hybridized carbons (Fsp3) is 0.219. The summed E-state index contributed by atoms with van der Waals surface area (Å²) in [6.07, 6.45) is 17.4. The Balaban J connectivity index is 0.000000110. The molecule has 5 aliphatic carbocycles. The molecule has 14 rings (SSSR count). The number of benzene rings is 6. The number of hydrogen-bond donors (Lipinski definition) is 4. The number of nitrogens with one attached hydrogen (secondary N) is 3. The summed E-state index contributed by atoms with van der Waals surface area (Å²) in [6, 6.07) is 50.2. The van der Waals surface area contributed by atoms with Crippen molar-refractivity contribution in [1.82, 2.24) is 15.0 Å². The molecule has 7 heteroatoms. The van der Waals surface area contributed by atoms with Crippen molar-refractivity contribution in [2.45, 2.75) is 69.6 Å². The molecular formula is C64H57N3O4. The largest absolute Gasteiger partial charge is 0.478 e. The van der Waals surface area contributed by atoms with Crippen LogP contribution in [0.2, 0.25) is 0 Å². The summed E-state index contributed by atoms with van der Waals surface area (Å²) >= 11 is 0. The lowest BCUT2D eigenvalue weighted by molar-refractivity contribution is 0.0600. The van der Waals surface area contributed by atoms with E-state index in [9.17, 15) is 14.7 Å². The summed E-state index contributed by atoms with van der Waals surface area (Å²) in [5.74, 6) is 1.06. The molecule has 7 nitrogen and oxygen atoms in total. The number of H-pyrrole nitrogens is 3. The fourth-order valence-electron chi connectivity index (χ4n) is 12.1. The highest BCUT2D eigenvalue weighted by Crippen LogP contribution is 2.54.